The molecule has 4 nitrogen and oxygen atoms in total. The molecule has 0 heterocycles. The fraction of sp³-hybridized carbons (Fsp3) is 1.00. The Hall–Kier alpha value is 0.970. The predicted octanol–water partition coefficient (Wildman–Crippen LogP) is 5.80. The second-order valence-corrected chi connectivity index (χ2v) is 21.7. The molecule has 0 spiro atoms. The fourth-order valence-corrected chi connectivity index (χ4v) is 2.12. The first-order valence-corrected chi connectivity index (χ1v) is 18.9. The van der Waals surface area contributed by atoms with Crippen LogP contribution in [0.15, 0.2) is 0 Å². The summed E-state index contributed by atoms with van der Waals surface area (Å²) in [6.45, 7) is 20.6. The number of hydrogen-bond donors (Lipinski definition) is 0. The molecule has 0 radical (unpaired) electrons. The number of phosphoric ester groups is 1. The maximum Gasteiger partial charge on any atom is 0.0596 e. The van der Waals surface area contributed by atoms with E-state index in [4.69, 9.17) is 0 Å². The second-order valence-electron chi connectivity index (χ2n) is 9.83. The van der Waals surface area contributed by atoms with Crippen LogP contribution in [0.1, 0.15) is 71.1 Å². The van der Waals surface area contributed by atoms with Crippen molar-refractivity contribution in [3.05, 3.63) is 0 Å². The summed E-state index contributed by atoms with van der Waals surface area (Å²) in [5, 5.41) is 0. The third-order valence-electron chi connectivity index (χ3n) is 2.75. The fourth-order valence-electron chi connectivity index (χ4n) is 1.77. The maximum absolute atomic E-state index is 10.1. The largest absolute Gasteiger partial charge is 0.790 e. The van der Waals surface area contributed by atoms with Crippen molar-refractivity contribution in [2.45, 2.75) is 71.1 Å². The highest BCUT2D eigenvalue weighted by atomic mass is 31.2. The first kappa shape index (κ1) is 32.6. The molecule has 0 aliphatic carbocycles. The summed E-state index contributed by atoms with van der Waals surface area (Å²) in [4.78, 5) is 20.3. The zero-order chi connectivity index (χ0) is 22.0. The van der Waals surface area contributed by atoms with Crippen molar-refractivity contribution in [1.29, 1.82) is 0 Å². The molecule has 0 unspecified atom stereocenters. The van der Waals surface area contributed by atoms with Gasteiger partial charge >= 0.3 is 0 Å². The van der Waals surface area contributed by atoms with E-state index in [2.05, 4.69) is 64.8 Å². The highest BCUT2D eigenvalue weighted by Gasteiger charge is 2.03. The Morgan fingerprint density at radius 2 is 0.889 bits per heavy atom. The van der Waals surface area contributed by atoms with Crippen molar-refractivity contribution in [2.75, 3.05) is 59.9 Å². The molecule has 0 aromatic rings. The third-order valence-corrected chi connectivity index (χ3v) is 3.25. The first-order valence-electron chi connectivity index (χ1n) is 10.3. The molecule has 0 amide bonds. The average Bonchev–Trinajstić information content (AvgIpc) is 2.40. The average molecular weight is 447 g/mol. The molecule has 0 aliphatic heterocycles. The number of phosphoric acid groups is 1. The Labute approximate surface area is 172 Å². The lowest BCUT2D eigenvalue weighted by Gasteiger charge is -2.28. The molecule has 0 atom stereocenters. The summed E-state index contributed by atoms with van der Waals surface area (Å²) >= 11 is 0. The van der Waals surface area contributed by atoms with Crippen LogP contribution in [0.25, 0.3) is 0 Å². The molecule has 0 aliphatic rings. The highest BCUT2D eigenvalue weighted by Crippen LogP contribution is 2.40. The number of unbranched alkanes of at least 4 members (excludes halogenated alkanes) is 9. The Balaban J connectivity index is -0.000000471. The summed E-state index contributed by atoms with van der Waals surface area (Å²) in [7, 11) is -5.52. The van der Waals surface area contributed by atoms with E-state index >= 15 is 0 Å². The zero-order valence-corrected chi connectivity index (χ0v) is 22.4. The van der Waals surface area contributed by atoms with Gasteiger partial charge in [-0.15, -0.1) is 0 Å². The van der Waals surface area contributed by atoms with Crippen molar-refractivity contribution in [2.24, 2.45) is 0 Å². The Bertz CT molecular complexity index is 320. The van der Waals surface area contributed by atoms with Gasteiger partial charge in [0.25, 0.3) is 0 Å². The van der Waals surface area contributed by atoms with Gasteiger partial charge in [-0.1, -0.05) is 64.7 Å². The molecule has 0 saturated carbocycles. The quantitative estimate of drug-likeness (QED) is 0.281. The van der Waals surface area contributed by atoms with Crippen molar-refractivity contribution in [1.82, 2.24) is 0 Å². The monoisotopic (exact) mass is 446 g/mol. The molecule has 0 aromatic heterocycles. The van der Waals surface area contributed by atoms with Crippen LogP contribution < -0.4 is 9.79 Å². The van der Waals surface area contributed by atoms with Gasteiger partial charge < -0.3 is 18.9 Å². The minimum Gasteiger partial charge on any atom is -0.790 e. The summed E-state index contributed by atoms with van der Waals surface area (Å²) in [5.41, 5.74) is 0. The van der Waals surface area contributed by atoms with Gasteiger partial charge in [0.1, 0.15) is 0 Å². The molecule has 0 fully saturated rings. The van der Waals surface area contributed by atoms with Crippen LogP contribution in [0.2, 0.25) is 0 Å². The van der Waals surface area contributed by atoms with Crippen LogP contribution in [0.3, 0.4) is 0 Å². The van der Waals surface area contributed by atoms with E-state index in [0.717, 1.165) is 12.8 Å². The van der Waals surface area contributed by atoms with E-state index in [-0.39, 0.29) is 21.1 Å². The van der Waals surface area contributed by atoms with Gasteiger partial charge in [0, 0.05) is 67.8 Å². The molecule has 168 valence electrons. The Morgan fingerprint density at radius 3 is 1.15 bits per heavy atom. The lowest BCUT2D eigenvalue weighted by molar-refractivity contribution is -0.341. The van der Waals surface area contributed by atoms with Crippen LogP contribution in [-0.2, 0) is 9.09 Å². The van der Waals surface area contributed by atoms with Gasteiger partial charge in [0.05, 0.1) is 14.4 Å². The van der Waals surface area contributed by atoms with Crippen molar-refractivity contribution < 1.29 is 18.9 Å². The smallest absolute Gasteiger partial charge is 0.0596 e. The summed E-state index contributed by atoms with van der Waals surface area (Å²) < 4.78 is 14.3. The normalized spacial score (nSPS) is 12.0. The van der Waals surface area contributed by atoms with Crippen LogP contribution in [0.5, 0.6) is 0 Å². The van der Waals surface area contributed by atoms with Crippen molar-refractivity contribution >= 4 is 22.3 Å². The van der Waals surface area contributed by atoms with E-state index in [1.54, 1.807) is 0 Å². The molecular weight excluding hydrogens is 397 g/mol. The summed E-state index contributed by atoms with van der Waals surface area (Å²) in [6.07, 6.45) is 11.7. The zero-order valence-electron chi connectivity index (χ0n) is 19.8. The van der Waals surface area contributed by atoms with Gasteiger partial charge in [0.15, 0.2) is 0 Å². The van der Waals surface area contributed by atoms with Gasteiger partial charge in [-0.2, -0.15) is 0 Å². The van der Waals surface area contributed by atoms with E-state index in [9.17, 15) is 14.4 Å². The SMILES string of the molecule is CCCCCCCCCCCCOP(=O)([O-])[O-].C[P+](C)(C)C.C[P+](C)(C)C. The summed E-state index contributed by atoms with van der Waals surface area (Å²) in [5.74, 6) is 0. The predicted molar refractivity (Wildman–Crippen MR) is 127 cm³/mol. The number of rotatable bonds is 12. The van der Waals surface area contributed by atoms with Gasteiger partial charge in [0.2, 0.25) is 0 Å². The molecule has 0 N–H and O–H groups in total. The van der Waals surface area contributed by atoms with E-state index in [1.807, 2.05) is 0 Å². The lowest BCUT2D eigenvalue weighted by atomic mass is 10.1. The van der Waals surface area contributed by atoms with Gasteiger partial charge in [-0.05, 0) is 6.42 Å². The van der Waals surface area contributed by atoms with Crippen molar-refractivity contribution in [3.8, 4) is 0 Å². The molecular formula is C20H49O4P3. The summed E-state index contributed by atoms with van der Waals surface area (Å²) in [6, 6.07) is 0. The Morgan fingerprint density at radius 1 is 0.630 bits per heavy atom. The van der Waals surface area contributed by atoms with Crippen LogP contribution in [0.4, 0.5) is 0 Å². The van der Waals surface area contributed by atoms with Crippen LogP contribution in [0, 0.1) is 0 Å². The third kappa shape index (κ3) is 75.0. The first-order chi connectivity index (χ1) is 12.1. The van der Waals surface area contributed by atoms with E-state index < -0.39 is 7.82 Å². The standard InChI is InChI=1S/C12H27O4P.2C4H12P/c1-2-3-4-5-6-7-8-9-10-11-12-16-17(13,14)15;2*1-5(2,3)4/h2-12H2,1H3,(H2,13,14,15);2*1-4H3/q;2*+1/p-2. The molecule has 0 rings (SSSR count). The van der Waals surface area contributed by atoms with Crippen LogP contribution >= 0.6 is 22.3 Å². The molecule has 7 heteroatoms. The molecule has 0 saturated heterocycles. The second kappa shape index (κ2) is 19.0. The minimum atomic E-state index is -4.74. The van der Waals surface area contributed by atoms with Gasteiger partial charge in [-0.3, -0.25) is 0 Å². The van der Waals surface area contributed by atoms with Crippen molar-refractivity contribution in [3.63, 3.8) is 0 Å². The highest BCUT2D eigenvalue weighted by molar-refractivity contribution is 7.73. The lowest BCUT2D eigenvalue weighted by Crippen LogP contribution is -2.16. The van der Waals surface area contributed by atoms with E-state index in [0.29, 0.717) is 6.42 Å². The van der Waals surface area contributed by atoms with Crippen LogP contribution in [-0.4, -0.2) is 59.9 Å². The van der Waals surface area contributed by atoms with Gasteiger partial charge in [-0.25, -0.2) is 0 Å². The maximum atomic E-state index is 10.1. The molecule has 0 bridgehead atoms. The minimum absolute atomic E-state index is 0.0424. The molecule has 27 heavy (non-hydrogen) atoms. The molecule has 0 aromatic carbocycles. The van der Waals surface area contributed by atoms with E-state index in [1.165, 1.54) is 44.9 Å². The topological polar surface area (TPSA) is 72.4 Å². The number of hydrogen-bond acceptors (Lipinski definition) is 4. The Kier molecular flexibility index (Phi) is 22.9.